The highest BCUT2D eigenvalue weighted by molar-refractivity contribution is 5.77. The summed E-state index contributed by atoms with van der Waals surface area (Å²) < 4.78 is 0. The van der Waals surface area contributed by atoms with Gasteiger partial charge in [-0.1, -0.05) is 44.2 Å². The summed E-state index contributed by atoms with van der Waals surface area (Å²) in [5.74, 6) is 0.479. The highest BCUT2D eigenvalue weighted by atomic mass is 16.2. The van der Waals surface area contributed by atoms with Crippen molar-refractivity contribution in [2.75, 3.05) is 6.54 Å². The zero-order valence-electron chi connectivity index (χ0n) is 10.7. The van der Waals surface area contributed by atoms with Crippen LogP contribution in [-0.2, 0) is 0 Å². The Morgan fingerprint density at radius 1 is 1.24 bits per heavy atom. The van der Waals surface area contributed by atoms with E-state index < -0.39 is 0 Å². The summed E-state index contributed by atoms with van der Waals surface area (Å²) in [6.07, 6.45) is 0. The molecular formula is C14H20N2O. The number of urea groups is 1. The van der Waals surface area contributed by atoms with Gasteiger partial charge in [-0.3, -0.25) is 0 Å². The molecule has 0 bridgehead atoms. The predicted octanol–water partition coefficient (Wildman–Crippen LogP) is 2.80. The fourth-order valence-corrected chi connectivity index (χ4v) is 2.20. The van der Waals surface area contributed by atoms with Crippen LogP contribution in [0, 0.1) is 5.92 Å². The van der Waals surface area contributed by atoms with Crippen molar-refractivity contribution in [2.45, 2.75) is 32.9 Å². The van der Waals surface area contributed by atoms with Crippen molar-refractivity contribution in [2.24, 2.45) is 5.92 Å². The molecule has 0 aliphatic carbocycles. The van der Waals surface area contributed by atoms with E-state index in [-0.39, 0.29) is 18.1 Å². The molecular weight excluding hydrogens is 212 g/mol. The van der Waals surface area contributed by atoms with E-state index in [1.54, 1.807) is 0 Å². The molecule has 1 aromatic rings. The maximum atomic E-state index is 11.9. The number of nitrogens with one attached hydrogen (secondary N) is 1. The maximum Gasteiger partial charge on any atom is 0.318 e. The molecule has 0 saturated carbocycles. The lowest BCUT2D eigenvalue weighted by atomic mass is 10.0. The van der Waals surface area contributed by atoms with Gasteiger partial charge in [-0.25, -0.2) is 4.79 Å². The van der Waals surface area contributed by atoms with Gasteiger partial charge in [-0.15, -0.1) is 0 Å². The van der Waals surface area contributed by atoms with Crippen LogP contribution in [-0.4, -0.2) is 23.5 Å². The largest absolute Gasteiger partial charge is 0.333 e. The third-order valence-electron chi connectivity index (χ3n) is 3.52. The first-order valence-electron chi connectivity index (χ1n) is 6.21. The second-order valence-corrected chi connectivity index (χ2v) is 5.04. The lowest BCUT2D eigenvalue weighted by Gasteiger charge is -2.24. The minimum Gasteiger partial charge on any atom is -0.333 e. The van der Waals surface area contributed by atoms with E-state index in [0.29, 0.717) is 5.92 Å². The Morgan fingerprint density at radius 2 is 1.88 bits per heavy atom. The average molecular weight is 232 g/mol. The van der Waals surface area contributed by atoms with Gasteiger partial charge in [0.15, 0.2) is 0 Å². The van der Waals surface area contributed by atoms with Gasteiger partial charge in [0.1, 0.15) is 0 Å². The SMILES string of the molecule is CC(C)[C@@H]1CN([C@@H](C)c2ccccc2)C(=O)N1. The Kier molecular flexibility index (Phi) is 3.36. The monoisotopic (exact) mass is 232 g/mol. The molecule has 1 aromatic carbocycles. The average Bonchev–Trinajstić information content (AvgIpc) is 2.72. The van der Waals surface area contributed by atoms with Crippen LogP contribution in [0.25, 0.3) is 0 Å². The quantitative estimate of drug-likeness (QED) is 0.854. The molecule has 3 heteroatoms. The van der Waals surface area contributed by atoms with E-state index in [4.69, 9.17) is 0 Å². The molecule has 1 heterocycles. The first-order valence-corrected chi connectivity index (χ1v) is 6.21. The molecule has 2 amide bonds. The number of amides is 2. The van der Waals surface area contributed by atoms with Crippen molar-refractivity contribution < 1.29 is 4.79 Å². The molecule has 17 heavy (non-hydrogen) atoms. The van der Waals surface area contributed by atoms with Crippen molar-refractivity contribution >= 4 is 6.03 Å². The van der Waals surface area contributed by atoms with Gasteiger partial charge in [0, 0.05) is 6.54 Å². The molecule has 1 fully saturated rings. The molecule has 0 radical (unpaired) electrons. The number of benzene rings is 1. The van der Waals surface area contributed by atoms with Crippen LogP contribution in [0.2, 0.25) is 0 Å². The third kappa shape index (κ3) is 2.43. The molecule has 1 N–H and O–H groups in total. The minimum atomic E-state index is 0.0556. The maximum absolute atomic E-state index is 11.9. The van der Waals surface area contributed by atoms with Crippen molar-refractivity contribution in [3.8, 4) is 0 Å². The van der Waals surface area contributed by atoms with Crippen LogP contribution in [0.4, 0.5) is 4.79 Å². The first-order chi connectivity index (χ1) is 8.09. The molecule has 1 saturated heterocycles. The molecule has 92 valence electrons. The van der Waals surface area contributed by atoms with E-state index in [9.17, 15) is 4.79 Å². The molecule has 0 aromatic heterocycles. The Labute approximate surface area is 103 Å². The topological polar surface area (TPSA) is 32.3 Å². The van der Waals surface area contributed by atoms with Crippen LogP contribution < -0.4 is 5.32 Å². The summed E-state index contributed by atoms with van der Waals surface area (Å²) in [7, 11) is 0. The van der Waals surface area contributed by atoms with Crippen LogP contribution in [0.3, 0.4) is 0 Å². The van der Waals surface area contributed by atoms with Crippen molar-refractivity contribution in [3.05, 3.63) is 35.9 Å². The van der Waals surface area contributed by atoms with Crippen molar-refractivity contribution in [3.63, 3.8) is 0 Å². The Hall–Kier alpha value is -1.51. The zero-order chi connectivity index (χ0) is 12.4. The molecule has 1 aliphatic rings. The van der Waals surface area contributed by atoms with E-state index in [1.165, 1.54) is 5.56 Å². The van der Waals surface area contributed by atoms with Crippen LogP contribution in [0.15, 0.2) is 30.3 Å². The van der Waals surface area contributed by atoms with Crippen LogP contribution in [0.5, 0.6) is 0 Å². The van der Waals surface area contributed by atoms with E-state index >= 15 is 0 Å². The van der Waals surface area contributed by atoms with Crippen LogP contribution >= 0.6 is 0 Å². The number of carbonyl (C=O) groups excluding carboxylic acids is 1. The summed E-state index contributed by atoms with van der Waals surface area (Å²) in [6.45, 7) is 7.16. The van der Waals surface area contributed by atoms with Gasteiger partial charge in [0.25, 0.3) is 0 Å². The summed E-state index contributed by atoms with van der Waals surface area (Å²) >= 11 is 0. The molecule has 3 nitrogen and oxygen atoms in total. The summed E-state index contributed by atoms with van der Waals surface area (Å²) in [4.78, 5) is 13.8. The highest BCUT2D eigenvalue weighted by Gasteiger charge is 2.33. The summed E-state index contributed by atoms with van der Waals surface area (Å²) in [5.41, 5.74) is 1.19. The van der Waals surface area contributed by atoms with Gasteiger partial charge in [0.05, 0.1) is 12.1 Å². The van der Waals surface area contributed by atoms with Gasteiger partial charge >= 0.3 is 6.03 Å². The lowest BCUT2D eigenvalue weighted by Crippen LogP contribution is -2.31. The molecule has 0 unspecified atom stereocenters. The van der Waals surface area contributed by atoms with Gasteiger partial charge in [-0.2, -0.15) is 0 Å². The highest BCUT2D eigenvalue weighted by Crippen LogP contribution is 2.24. The zero-order valence-corrected chi connectivity index (χ0v) is 10.7. The van der Waals surface area contributed by atoms with Crippen molar-refractivity contribution in [1.82, 2.24) is 10.2 Å². The summed E-state index contributed by atoms with van der Waals surface area (Å²) in [6, 6.07) is 10.6. The number of rotatable bonds is 3. The second kappa shape index (κ2) is 4.78. The normalized spacial score (nSPS) is 21.8. The van der Waals surface area contributed by atoms with E-state index in [0.717, 1.165) is 6.54 Å². The number of hydrogen-bond acceptors (Lipinski definition) is 1. The van der Waals surface area contributed by atoms with Crippen LogP contribution in [0.1, 0.15) is 32.4 Å². The van der Waals surface area contributed by atoms with Crippen molar-refractivity contribution in [1.29, 1.82) is 0 Å². The van der Waals surface area contributed by atoms with Gasteiger partial charge < -0.3 is 10.2 Å². The van der Waals surface area contributed by atoms with E-state index in [1.807, 2.05) is 23.1 Å². The summed E-state index contributed by atoms with van der Waals surface area (Å²) in [5, 5.41) is 3.04. The molecule has 2 atom stereocenters. The fraction of sp³-hybridized carbons (Fsp3) is 0.500. The van der Waals surface area contributed by atoms with Gasteiger partial charge in [-0.05, 0) is 18.4 Å². The van der Waals surface area contributed by atoms with E-state index in [2.05, 4.69) is 38.2 Å². The standard InChI is InChI=1S/C14H20N2O/c1-10(2)13-9-16(14(17)15-13)11(3)12-7-5-4-6-8-12/h4-8,10-11,13H,9H2,1-3H3,(H,15,17)/t11-,13-/m0/s1. The minimum absolute atomic E-state index is 0.0556. The lowest BCUT2D eigenvalue weighted by molar-refractivity contribution is 0.202. The second-order valence-electron chi connectivity index (χ2n) is 5.04. The molecule has 1 aliphatic heterocycles. The predicted molar refractivity (Wildman–Crippen MR) is 68.7 cm³/mol. The first kappa shape index (κ1) is 12.0. The smallest absolute Gasteiger partial charge is 0.318 e. The Balaban J connectivity index is 2.11. The number of hydrogen-bond donors (Lipinski definition) is 1. The Morgan fingerprint density at radius 3 is 2.41 bits per heavy atom. The molecule has 2 rings (SSSR count). The third-order valence-corrected chi connectivity index (χ3v) is 3.52. The fourth-order valence-electron chi connectivity index (χ4n) is 2.20. The Bertz CT molecular complexity index is 388. The number of nitrogens with zero attached hydrogens (tertiary/aromatic N) is 1. The molecule has 0 spiro atoms. The number of carbonyl (C=O) groups is 1. The van der Waals surface area contributed by atoms with Gasteiger partial charge in [0.2, 0.25) is 0 Å².